The second-order valence-electron chi connectivity index (χ2n) is 6.42. The SMILES string of the molecule is CCCOCc1ccccc1CNC(=NC)N1CCCC(C)C1.I. The molecule has 0 radical (unpaired) electrons. The summed E-state index contributed by atoms with van der Waals surface area (Å²) < 4.78 is 5.70. The fourth-order valence-electron chi connectivity index (χ4n) is 3.09. The molecule has 1 fully saturated rings. The van der Waals surface area contributed by atoms with Gasteiger partial charge in [-0.1, -0.05) is 38.1 Å². The van der Waals surface area contributed by atoms with E-state index >= 15 is 0 Å². The summed E-state index contributed by atoms with van der Waals surface area (Å²) in [5.41, 5.74) is 2.55. The minimum Gasteiger partial charge on any atom is -0.377 e. The molecule has 1 saturated heterocycles. The highest BCUT2D eigenvalue weighted by Crippen LogP contribution is 2.16. The summed E-state index contributed by atoms with van der Waals surface area (Å²) in [5, 5.41) is 3.53. The summed E-state index contributed by atoms with van der Waals surface area (Å²) in [5.74, 6) is 1.76. The molecular weight excluding hydrogens is 413 g/mol. The van der Waals surface area contributed by atoms with Gasteiger partial charge in [-0.05, 0) is 36.3 Å². The van der Waals surface area contributed by atoms with Crippen LogP contribution in [0, 0.1) is 5.92 Å². The summed E-state index contributed by atoms with van der Waals surface area (Å²) in [4.78, 5) is 6.85. The van der Waals surface area contributed by atoms with Gasteiger partial charge in [-0.2, -0.15) is 0 Å². The van der Waals surface area contributed by atoms with E-state index in [4.69, 9.17) is 4.74 Å². The molecule has 1 aromatic carbocycles. The van der Waals surface area contributed by atoms with Crippen molar-refractivity contribution >= 4 is 29.9 Å². The van der Waals surface area contributed by atoms with Gasteiger partial charge in [0.2, 0.25) is 0 Å². The lowest BCUT2D eigenvalue weighted by molar-refractivity contribution is 0.121. The Morgan fingerprint density at radius 2 is 2.08 bits per heavy atom. The molecule has 0 aromatic heterocycles. The third-order valence-electron chi connectivity index (χ3n) is 4.33. The Morgan fingerprint density at radius 1 is 1.33 bits per heavy atom. The zero-order valence-electron chi connectivity index (χ0n) is 15.3. The predicted octanol–water partition coefficient (Wildman–Crippen LogP) is 4.04. The van der Waals surface area contributed by atoms with Gasteiger partial charge in [0, 0.05) is 33.3 Å². The van der Waals surface area contributed by atoms with Crippen LogP contribution in [0.4, 0.5) is 0 Å². The van der Waals surface area contributed by atoms with E-state index in [1.807, 2.05) is 7.05 Å². The van der Waals surface area contributed by atoms with Crippen LogP contribution in [0.5, 0.6) is 0 Å². The van der Waals surface area contributed by atoms with E-state index in [1.165, 1.54) is 24.0 Å². The Bertz CT molecular complexity index is 507. The molecule has 5 heteroatoms. The first-order valence-electron chi connectivity index (χ1n) is 8.84. The topological polar surface area (TPSA) is 36.9 Å². The largest absolute Gasteiger partial charge is 0.377 e. The van der Waals surface area contributed by atoms with E-state index < -0.39 is 0 Å². The number of hydrogen-bond acceptors (Lipinski definition) is 2. The van der Waals surface area contributed by atoms with Crippen molar-refractivity contribution < 1.29 is 4.74 Å². The van der Waals surface area contributed by atoms with Gasteiger partial charge < -0.3 is 15.0 Å². The molecule has 0 amide bonds. The van der Waals surface area contributed by atoms with Gasteiger partial charge in [-0.3, -0.25) is 4.99 Å². The Morgan fingerprint density at radius 3 is 2.75 bits per heavy atom. The third kappa shape index (κ3) is 6.59. The first-order chi connectivity index (χ1) is 11.2. The maximum Gasteiger partial charge on any atom is 0.193 e. The summed E-state index contributed by atoms with van der Waals surface area (Å²) in [6, 6.07) is 8.49. The van der Waals surface area contributed by atoms with Crippen LogP contribution in [0.15, 0.2) is 29.3 Å². The Balaban J connectivity index is 0.00000288. The molecule has 4 nitrogen and oxygen atoms in total. The number of nitrogens with one attached hydrogen (secondary N) is 1. The average Bonchev–Trinajstić information content (AvgIpc) is 2.57. The number of rotatable bonds is 6. The maximum absolute atomic E-state index is 5.70. The molecule has 1 unspecified atom stereocenters. The molecule has 1 heterocycles. The summed E-state index contributed by atoms with van der Waals surface area (Å²) in [6.45, 7) is 8.95. The van der Waals surface area contributed by atoms with Crippen molar-refractivity contribution in [3.05, 3.63) is 35.4 Å². The van der Waals surface area contributed by atoms with E-state index in [0.717, 1.165) is 44.5 Å². The zero-order chi connectivity index (χ0) is 16.5. The quantitative estimate of drug-likeness (QED) is 0.311. The Labute approximate surface area is 164 Å². The molecular formula is C19H32IN3O. The molecule has 1 aliphatic rings. The van der Waals surface area contributed by atoms with Gasteiger partial charge in [0.05, 0.1) is 6.61 Å². The van der Waals surface area contributed by atoms with Crippen molar-refractivity contribution in [2.75, 3.05) is 26.7 Å². The number of hydrogen-bond donors (Lipinski definition) is 1. The van der Waals surface area contributed by atoms with Gasteiger partial charge in [-0.15, -0.1) is 24.0 Å². The zero-order valence-corrected chi connectivity index (χ0v) is 17.6. The van der Waals surface area contributed by atoms with Crippen molar-refractivity contribution in [1.82, 2.24) is 10.2 Å². The Kier molecular flexibility index (Phi) is 10.3. The minimum atomic E-state index is 0. The first-order valence-corrected chi connectivity index (χ1v) is 8.84. The molecule has 1 aliphatic heterocycles. The average molecular weight is 445 g/mol. The number of nitrogens with zero attached hydrogens (tertiary/aromatic N) is 2. The molecule has 136 valence electrons. The van der Waals surface area contributed by atoms with E-state index in [9.17, 15) is 0 Å². The van der Waals surface area contributed by atoms with Crippen molar-refractivity contribution in [3.63, 3.8) is 0 Å². The predicted molar refractivity (Wildman–Crippen MR) is 112 cm³/mol. The number of aliphatic imine (C=N–C) groups is 1. The van der Waals surface area contributed by atoms with Gasteiger partial charge in [0.1, 0.15) is 0 Å². The third-order valence-corrected chi connectivity index (χ3v) is 4.33. The lowest BCUT2D eigenvalue weighted by atomic mass is 10.0. The standard InChI is InChI=1S/C19H31N3O.HI/c1-4-12-23-15-18-10-6-5-9-17(18)13-21-19(20-3)22-11-7-8-16(2)14-22;/h5-6,9-10,16H,4,7-8,11-15H2,1-3H3,(H,20,21);1H. The summed E-state index contributed by atoms with van der Waals surface area (Å²) in [6.07, 6.45) is 3.63. The van der Waals surface area contributed by atoms with Crippen molar-refractivity contribution in [2.24, 2.45) is 10.9 Å². The van der Waals surface area contributed by atoms with Crippen molar-refractivity contribution in [3.8, 4) is 0 Å². The lowest BCUT2D eigenvalue weighted by Crippen LogP contribution is -2.45. The lowest BCUT2D eigenvalue weighted by Gasteiger charge is -2.33. The number of guanidine groups is 1. The van der Waals surface area contributed by atoms with Crippen LogP contribution in [0.3, 0.4) is 0 Å². The van der Waals surface area contributed by atoms with E-state index in [-0.39, 0.29) is 24.0 Å². The molecule has 0 spiro atoms. The van der Waals surface area contributed by atoms with Crippen LogP contribution < -0.4 is 5.32 Å². The molecule has 0 saturated carbocycles. The molecule has 2 rings (SSSR count). The summed E-state index contributed by atoms with van der Waals surface area (Å²) >= 11 is 0. The number of ether oxygens (including phenoxy) is 1. The minimum absolute atomic E-state index is 0. The van der Waals surface area contributed by atoms with Crippen LogP contribution in [0.1, 0.15) is 44.2 Å². The molecule has 1 N–H and O–H groups in total. The van der Waals surface area contributed by atoms with Gasteiger partial charge >= 0.3 is 0 Å². The van der Waals surface area contributed by atoms with E-state index in [0.29, 0.717) is 6.61 Å². The van der Waals surface area contributed by atoms with Crippen LogP contribution in [-0.4, -0.2) is 37.6 Å². The van der Waals surface area contributed by atoms with Crippen LogP contribution in [0.2, 0.25) is 0 Å². The van der Waals surface area contributed by atoms with Gasteiger partial charge in [0.15, 0.2) is 5.96 Å². The number of benzene rings is 1. The van der Waals surface area contributed by atoms with Crippen LogP contribution in [0.25, 0.3) is 0 Å². The highest BCUT2D eigenvalue weighted by molar-refractivity contribution is 14.0. The first kappa shape index (κ1) is 21.2. The van der Waals surface area contributed by atoms with Crippen molar-refractivity contribution in [2.45, 2.75) is 46.3 Å². The fourth-order valence-corrected chi connectivity index (χ4v) is 3.09. The molecule has 0 aliphatic carbocycles. The van der Waals surface area contributed by atoms with Crippen LogP contribution >= 0.6 is 24.0 Å². The highest BCUT2D eigenvalue weighted by atomic mass is 127. The summed E-state index contributed by atoms with van der Waals surface area (Å²) in [7, 11) is 1.87. The fraction of sp³-hybridized carbons (Fsp3) is 0.632. The smallest absolute Gasteiger partial charge is 0.193 e. The number of halogens is 1. The second kappa shape index (κ2) is 11.7. The van der Waals surface area contributed by atoms with E-state index in [2.05, 4.69) is 53.3 Å². The van der Waals surface area contributed by atoms with Gasteiger partial charge in [0.25, 0.3) is 0 Å². The normalized spacial score (nSPS) is 18.2. The molecule has 1 aromatic rings. The number of piperidine rings is 1. The second-order valence-corrected chi connectivity index (χ2v) is 6.42. The molecule has 1 atom stereocenters. The van der Waals surface area contributed by atoms with Crippen molar-refractivity contribution in [1.29, 1.82) is 0 Å². The van der Waals surface area contributed by atoms with Crippen LogP contribution in [-0.2, 0) is 17.9 Å². The maximum atomic E-state index is 5.70. The monoisotopic (exact) mass is 445 g/mol. The van der Waals surface area contributed by atoms with E-state index in [1.54, 1.807) is 0 Å². The molecule has 0 bridgehead atoms. The highest BCUT2D eigenvalue weighted by Gasteiger charge is 2.19. The van der Waals surface area contributed by atoms with Gasteiger partial charge in [-0.25, -0.2) is 0 Å². The molecule has 24 heavy (non-hydrogen) atoms. The Hall–Kier alpha value is -0.820. The number of likely N-dealkylation sites (tertiary alicyclic amines) is 1.